The summed E-state index contributed by atoms with van der Waals surface area (Å²) in [7, 11) is -0.710. The summed E-state index contributed by atoms with van der Waals surface area (Å²) in [6, 6.07) is 6.66. The third-order valence-corrected chi connectivity index (χ3v) is 5.99. The minimum atomic E-state index is -0.710. The zero-order valence-corrected chi connectivity index (χ0v) is 16.4. The summed E-state index contributed by atoms with van der Waals surface area (Å²) in [6.07, 6.45) is 1.57. The summed E-state index contributed by atoms with van der Waals surface area (Å²) in [6.45, 7) is 8.94. The van der Waals surface area contributed by atoms with Crippen LogP contribution in [0.1, 0.15) is 46.1 Å². The topological polar surface area (TPSA) is 62.6 Å². The Kier molecular flexibility index (Phi) is 5.33. The van der Waals surface area contributed by atoms with Crippen LogP contribution in [-0.2, 0) is 20.5 Å². The molecule has 0 aromatic heterocycles. The summed E-state index contributed by atoms with van der Waals surface area (Å²) >= 11 is 0. The molecule has 0 aliphatic carbocycles. The standard InChI is InChI=1S/C20H26BFN2O3/c1-19(2)20(3,4)27-21(26-19)17-12-16(22)6-5-15(17)11-18(25)24-9-7-14(13-23)8-10-24/h5-6,12,14H,7-11H2,1-4H3. The van der Waals surface area contributed by atoms with Crippen LogP contribution in [0.3, 0.4) is 0 Å². The number of benzene rings is 1. The van der Waals surface area contributed by atoms with E-state index in [1.807, 2.05) is 27.7 Å². The van der Waals surface area contributed by atoms with Crippen LogP contribution in [0, 0.1) is 23.1 Å². The molecule has 2 aliphatic heterocycles. The van der Waals surface area contributed by atoms with Gasteiger partial charge in [0.2, 0.25) is 5.91 Å². The molecule has 2 heterocycles. The van der Waals surface area contributed by atoms with Gasteiger partial charge in [-0.3, -0.25) is 4.79 Å². The Hall–Kier alpha value is -1.91. The van der Waals surface area contributed by atoms with Crippen LogP contribution in [-0.4, -0.2) is 42.2 Å². The molecule has 0 unspecified atom stereocenters. The predicted octanol–water partition coefficient (Wildman–Crippen LogP) is 2.43. The molecule has 144 valence electrons. The van der Waals surface area contributed by atoms with Crippen molar-refractivity contribution in [2.24, 2.45) is 5.92 Å². The Labute approximate surface area is 160 Å². The Balaban J connectivity index is 1.78. The number of halogens is 1. The van der Waals surface area contributed by atoms with Crippen LogP contribution in [0.5, 0.6) is 0 Å². The van der Waals surface area contributed by atoms with E-state index in [1.165, 1.54) is 12.1 Å². The molecule has 1 aromatic carbocycles. The number of rotatable bonds is 3. The molecular formula is C20H26BFN2O3. The van der Waals surface area contributed by atoms with Gasteiger partial charge < -0.3 is 14.2 Å². The Morgan fingerprint density at radius 2 is 1.85 bits per heavy atom. The van der Waals surface area contributed by atoms with Gasteiger partial charge in [-0.2, -0.15) is 5.26 Å². The number of carbonyl (C=O) groups is 1. The summed E-state index contributed by atoms with van der Waals surface area (Å²) in [4.78, 5) is 14.5. The van der Waals surface area contributed by atoms with E-state index in [4.69, 9.17) is 14.6 Å². The number of likely N-dealkylation sites (tertiary alicyclic amines) is 1. The van der Waals surface area contributed by atoms with Crippen molar-refractivity contribution in [3.63, 3.8) is 0 Å². The van der Waals surface area contributed by atoms with Crippen LogP contribution in [0.4, 0.5) is 4.39 Å². The largest absolute Gasteiger partial charge is 0.495 e. The molecule has 0 radical (unpaired) electrons. The molecule has 0 spiro atoms. The highest BCUT2D eigenvalue weighted by Gasteiger charge is 2.52. The maximum absolute atomic E-state index is 13.9. The van der Waals surface area contributed by atoms with E-state index in [0.717, 1.165) is 0 Å². The van der Waals surface area contributed by atoms with Crippen molar-refractivity contribution >= 4 is 18.5 Å². The maximum atomic E-state index is 13.9. The number of nitrogens with zero attached hydrogens (tertiary/aromatic N) is 2. The zero-order valence-electron chi connectivity index (χ0n) is 16.4. The van der Waals surface area contributed by atoms with E-state index in [1.54, 1.807) is 11.0 Å². The van der Waals surface area contributed by atoms with Crippen molar-refractivity contribution in [2.45, 2.75) is 58.2 Å². The molecular weight excluding hydrogens is 346 g/mol. The number of hydrogen-bond acceptors (Lipinski definition) is 4. The molecule has 0 saturated carbocycles. The van der Waals surface area contributed by atoms with Gasteiger partial charge in [0.25, 0.3) is 0 Å². The van der Waals surface area contributed by atoms with E-state index < -0.39 is 18.3 Å². The lowest BCUT2D eigenvalue weighted by atomic mass is 9.75. The fourth-order valence-electron chi connectivity index (χ4n) is 3.45. The van der Waals surface area contributed by atoms with Gasteiger partial charge >= 0.3 is 7.12 Å². The molecule has 2 fully saturated rings. The summed E-state index contributed by atoms with van der Waals surface area (Å²) in [5.41, 5.74) is 0.200. The second kappa shape index (κ2) is 7.25. The smallest absolute Gasteiger partial charge is 0.399 e. The third kappa shape index (κ3) is 4.02. The van der Waals surface area contributed by atoms with Gasteiger partial charge in [0, 0.05) is 19.0 Å². The Bertz CT molecular complexity index is 751. The van der Waals surface area contributed by atoms with Crippen molar-refractivity contribution in [2.75, 3.05) is 13.1 Å². The lowest BCUT2D eigenvalue weighted by molar-refractivity contribution is -0.131. The first-order valence-corrected chi connectivity index (χ1v) is 9.44. The van der Waals surface area contributed by atoms with Crippen molar-refractivity contribution in [3.8, 4) is 6.07 Å². The van der Waals surface area contributed by atoms with Crippen molar-refractivity contribution < 1.29 is 18.5 Å². The number of piperidine rings is 1. The van der Waals surface area contributed by atoms with Gasteiger partial charge in [-0.1, -0.05) is 6.07 Å². The lowest BCUT2D eigenvalue weighted by Crippen LogP contribution is -2.42. The highest BCUT2D eigenvalue weighted by atomic mass is 19.1. The van der Waals surface area contributed by atoms with Crippen LogP contribution < -0.4 is 5.46 Å². The van der Waals surface area contributed by atoms with E-state index in [-0.39, 0.29) is 24.1 Å². The lowest BCUT2D eigenvalue weighted by Gasteiger charge is -2.32. The second-order valence-corrected chi connectivity index (χ2v) is 8.39. The van der Waals surface area contributed by atoms with E-state index in [9.17, 15) is 9.18 Å². The molecule has 0 atom stereocenters. The van der Waals surface area contributed by atoms with Crippen LogP contribution in [0.25, 0.3) is 0 Å². The number of amides is 1. The second-order valence-electron chi connectivity index (χ2n) is 8.39. The van der Waals surface area contributed by atoms with Gasteiger partial charge in [0.05, 0.1) is 23.7 Å². The van der Waals surface area contributed by atoms with E-state index in [2.05, 4.69) is 6.07 Å². The minimum Gasteiger partial charge on any atom is -0.399 e. The average molecular weight is 372 g/mol. The van der Waals surface area contributed by atoms with Gasteiger partial charge in [-0.25, -0.2) is 4.39 Å². The number of carbonyl (C=O) groups excluding carboxylic acids is 1. The molecule has 1 amide bonds. The van der Waals surface area contributed by atoms with E-state index in [0.29, 0.717) is 37.0 Å². The first-order valence-electron chi connectivity index (χ1n) is 9.44. The molecule has 1 aromatic rings. The highest BCUT2D eigenvalue weighted by Crippen LogP contribution is 2.36. The monoisotopic (exact) mass is 372 g/mol. The highest BCUT2D eigenvalue weighted by molar-refractivity contribution is 6.62. The van der Waals surface area contributed by atoms with Crippen molar-refractivity contribution in [1.29, 1.82) is 5.26 Å². The van der Waals surface area contributed by atoms with Crippen LogP contribution >= 0.6 is 0 Å². The minimum absolute atomic E-state index is 0.0178. The van der Waals surface area contributed by atoms with Crippen LogP contribution in [0.2, 0.25) is 0 Å². The molecule has 27 heavy (non-hydrogen) atoms. The molecule has 3 rings (SSSR count). The SMILES string of the molecule is CC1(C)OB(c2cc(F)ccc2CC(=O)N2CCC(C#N)CC2)OC1(C)C. The van der Waals surface area contributed by atoms with Crippen LogP contribution in [0.15, 0.2) is 18.2 Å². The summed E-state index contributed by atoms with van der Waals surface area (Å²) in [5.74, 6) is -0.373. The summed E-state index contributed by atoms with van der Waals surface area (Å²) < 4.78 is 26.0. The Morgan fingerprint density at radius 1 is 1.26 bits per heavy atom. The first kappa shape index (κ1) is 19.8. The quantitative estimate of drug-likeness (QED) is 0.765. The molecule has 0 N–H and O–H groups in total. The van der Waals surface area contributed by atoms with Crippen molar-refractivity contribution in [3.05, 3.63) is 29.6 Å². The molecule has 2 saturated heterocycles. The zero-order chi connectivity index (χ0) is 19.8. The van der Waals surface area contributed by atoms with Gasteiger partial charge in [-0.05, 0) is 63.7 Å². The van der Waals surface area contributed by atoms with E-state index >= 15 is 0 Å². The maximum Gasteiger partial charge on any atom is 0.495 e. The molecule has 2 aliphatic rings. The predicted molar refractivity (Wildman–Crippen MR) is 101 cm³/mol. The normalized spacial score (nSPS) is 21.9. The number of nitriles is 1. The number of hydrogen-bond donors (Lipinski definition) is 0. The van der Waals surface area contributed by atoms with Gasteiger partial charge in [-0.15, -0.1) is 0 Å². The summed E-state index contributed by atoms with van der Waals surface area (Å²) in [5, 5.41) is 9.00. The fourth-order valence-corrected chi connectivity index (χ4v) is 3.45. The molecule has 0 bridgehead atoms. The van der Waals surface area contributed by atoms with Crippen molar-refractivity contribution in [1.82, 2.24) is 4.90 Å². The average Bonchev–Trinajstić information content (AvgIpc) is 2.84. The molecule has 7 heteroatoms. The third-order valence-electron chi connectivity index (χ3n) is 5.99. The first-order chi connectivity index (χ1) is 12.6. The van der Waals surface area contributed by atoms with Gasteiger partial charge in [0.15, 0.2) is 0 Å². The molecule has 5 nitrogen and oxygen atoms in total. The Morgan fingerprint density at radius 3 is 2.41 bits per heavy atom. The fraction of sp³-hybridized carbons (Fsp3) is 0.600. The van der Waals surface area contributed by atoms with Gasteiger partial charge in [0.1, 0.15) is 5.82 Å².